The number of hydrogen-bond donors (Lipinski definition) is 2. The standard InChI is InChI=1S/C8H13N3O/c1-6-3-2-4-7(5-6)10-11-8(9)12/h5H,2-4H2,1H3,(H3,9,11,12). The Kier molecular flexibility index (Phi) is 2.85. The van der Waals surface area contributed by atoms with E-state index in [1.54, 1.807) is 0 Å². The summed E-state index contributed by atoms with van der Waals surface area (Å²) in [5, 5.41) is 3.85. The van der Waals surface area contributed by atoms with Gasteiger partial charge in [0, 0.05) is 0 Å². The number of primary amides is 1. The van der Waals surface area contributed by atoms with Crippen LogP contribution in [0.1, 0.15) is 26.2 Å². The summed E-state index contributed by atoms with van der Waals surface area (Å²) >= 11 is 0. The van der Waals surface area contributed by atoms with E-state index in [2.05, 4.69) is 17.5 Å². The molecule has 1 rings (SSSR count). The maximum atomic E-state index is 10.3. The molecule has 1 aliphatic rings. The van der Waals surface area contributed by atoms with E-state index in [0.717, 1.165) is 25.0 Å². The second-order valence-electron chi connectivity index (χ2n) is 2.92. The number of nitrogens with two attached hydrogens (primary N) is 1. The monoisotopic (exact) mass is 167 g/mol. The number of nitrogens with one attached hydrogen (secondary N) is 1. The third-order valence-electron chi connectivity index (χ3n) is 1.73. The van der Waals surface area contributed by atoms with Crippen molar-refractivity contribution in [1.29, 1.82) is 0 Å². The normalized spacial score (nSPS) is 20.4. The Morgan fingerprint density at radius 2 is 2.42 bits per heavy atom. The largest absolute Gasteiger partial charge is 0.350 e. The van der Waals surface area contributed by atoms with E-state index in [1.807, 2.05) is 6.08 Å². The summed E-state index contributed by atoms with van der Waals surface area (Å²) in [6, 6.07) is -0.612. The van der Waals surface area contributed by atoms with Crippen molar-refractivity contribution in [3.8, 4) is 0 Å². The zero-order valence-corrected chi connectivity index (χ0v) is 7.13. The Balaban J connectivity index is 2.56. The van der Waals surface area contributed by atoms with Crippen molar-refractivity contribution in [1.82, 2.24) is 5.43 Å². The van der Waals surface area contributed by atoms with Crippen LogP contribution in [0, 0.1) is 0 Å². The van der Waals surface area contributed by atoms with Crippen LogP contribution in [0.5, 0.6) is 0 Å². The SMILES string of the molecule is CC1=CC(=NNC(N)=O)CCC1. The summed E-state index contributed by atoms with van der Waals surface area (Å²) in [6.45, 7) is 2.05. The molecule has 0 saturated heterocycles. The van der Waals surface area contributed by atoms with Crippen LogP contribution in [-0.4, -0.2) is 11.7 Å². The fourth-order valence-corrected chi connectivity index (χ4v) is 1.19. The van der Waals surface area contributed by atoms with Gasteiger partial charge in [0.05, 0.1) is 5.71 Å². The average Bonchev–Trinajstić information content (AvgIpc) is 2.01. The van der Waals surface area contributed by atoms with Gasteiger partial charge in [-0.15, -0.1) is 0 Å². The Labute approximate surface area is 71.5 Å². The number of hydrazone groups is 1. The summed E-state index contributed by atoms with van der Waals surface area (Å²) in [7, 11) is 0. The average molecular weight is 167 g/mol. The van der Waals surface area contributed by atoms with E-state index >= 15 is 0 Å². The van der Waals surface area contributed by atoms with Crippen molar-refractivity contribution in [3.63, 3.8) is 0 Å². The highest BCUT2D eigenvalue weighted by Crippen LogP contribution is 2.14. The maximum Gasteiger partial charge on any atom is 0.332 e. The van der Waals surface area contributed by atoms with Crippen LogP contribution >= 0.6 is 0 Å². The van der Waals surface area contributed by atoms with Gasteiger partial charge in [-0.1, -0.05) is 5.57 Å². The van der Waals surface area contributed by atoms with E-state index < -0.39 is 6.03 Å². The number of urea groups is 1. The number of amides is 2. The highest BCUT2D eigenvalue weighted by molar-refractivity contribution is 5.96. The Bertz CT molecular complexity index is 243. The lowest BCUT2D eigenvalue weighted by atomic mass is 10.00. The van der Waals surface area contributed by atoms with Gasteiger partial charge in [0.25, 0.3) is 0 Å². The summed E-state index contributed by atoms with van der Waals surface area (Å²) in [5.74, 6) is 0. The fraction of sp³-hybridized carbons (Fsp3) is 0.500. The molecule has 4 nitrogen and oxygen atoms in total. The van der Waals surface area contributed by atoms with Crippen LogP contribution in [0.3, 0.4) is 0 Å². The summed E-state index contributed by atoms with van der Waals surface area (Å²) < 4.78 is 0. The van der Waals surface area contributed by atoms with Crippen molar-refractivity contribution >= 4 is 11.7 Å². The molecule has 66 valence electrons. The molecular weight excluding hydrogens is 154 g/mol. The molecule has 0 bridgehead atoms. The smallest absolute Gasteiger partial charge is 0.332 e. The van der Waals surface area contributed by atoms with E-state index in [1.165, 1.54) is 5.57 Å². The second kappa shape index (κ2) is 3.90. The van der Waals surface area contributed by atoms with Crippen molar-refractivity contribution < 1.29 is 4.79 Å². The van der Waals surface area contributed by atoms with Crippen molar-refractivity contribution in [2.24, 2.45) is 10.8 Å². The zero-order valence-electron chi connectivity index (χ0n) is 7.13. The third-order valence-corrected chi connectivity index (χ3v) is 1.73. The first-order valence-corrected chi connectivity index (χ1v) is 3.97. The van der Waals surface area contributed by atoms with Gasteiger partial charge in [0.1, 0.15) is 0 Å². The van der Waals surface area contributed by atoms with Crippen molar-refractivity contribution in [3.05, 3.63) is 11.6 Å². The van der Waals surface area contributed by atoms with Gasteiger partial charge in [0.15, 0.2) is 0 Å². The number of allylic oxidation sites excluding steroid dienone is 2. The number of hydrogen-bond acceptors (Lipinski definition) is 2. The minimum absolute atomic E-state index is 0.612. The number of carbonyl (C=O) groups excluding carboxylic acids is 1. The van der Waals surface area contributed by atoms with E-state index in [9.17, 15) is 4.79 Å². The van der Waals surface area contributed by atoms with Crippen LogP contribution in [0.25, 0.3) is 0 Å². The Hall–Kier alpha value is -1.32. The molecule has 3 N–H and O–H groups in total. The number of carbonyl (C=O) groups is 1. The number of nitrogens with zero attached hydrogens (tertiary/aromatic N) is 1. The highest BCUT2D eigenvalue weighted by Gasteiger charge is 2.04. The minimum atomic E-state index is -0.612. The van der Waals surface area contributed by atoms with Crippen LogP contribution in [0.2, 0.25) is 0 Å². The first-order valence-electron chi connectivity index (χ1n) is 3.97. The molecular formula is C8H13N3O. The molecule has 0 unspecified atom stereocenters. The summed E-state index contributed by atoms with van der Waals surface area (Å²) in [6.07, 6.45) is 5.12. The maximum absolute atomic E-state index is 10.3. The minimum Gasteiger partial charge on any atom is -0.350 e. The molecule has 0 atom stereocenters. The molecule has 0 saturated carbocycles. The quantitative estimate of drug-likeness (QED) is 0.565. The summed E-state index contributed by atoms with van der Waals surface area (Å²) in [5.41, 5.74) is 9.28. The van der Waals surface area contributed by atoms with Gasteiger partial charge in [-0.2, -0.15) is 5.10 Å². The molecule has 0 aromatic carbocycles. The van der Waals surface area contributed by atoms with Crippen LogP contribution in [0.4, 0.5) is 4.79 Å². The van der Waals surface area contributed by atoms with Gasteiger partial charge >= 0.3 is 6.03 Å². The number of rotatable bonds is 1. The van der Waals surface area contributed by atoms with Gasteiger partial charge < -0.3 is 5.73 Å². The first kappa shape index (κ1) is 8.77. The van der Waals surface area contributed by atoms with Crippen molar-refractivity contribution in [2.75, 3.05) is 0 Å². The predicted octanol–water partition coefficient (Wildman–Crippen LogP) is 1.14. The molecule has 0 radical (unpaired) electrons. The lowest BCUT2D eigenvalue weighted by molar-refractivity contribution is 0.249. The lowest BCUT2D eigenvalue weighted by Gasteiger charge is -2.09. The highest BCUT2D eigenvalue weighted by atomic mass is 16.2. The van der Waals surface area contributed by atoms with Gasteiger partial charge in [-0.05, 0) is 32.3 Å². The first-order chi connectivity index (χ1) is 5.68. The predicted molar refractivity (Wildman–Crippen MR) is 47.8 cm³/mol. The van der Waals surface area contributed by atoms with E-state index in [4.69, 9.17) is 5.73 Å². The molecule has 1 aliphatic carbocycles. The topological polar surface area (TPSA) is 67.5 Å². The molecule has 12 heavy (non-hydrogen) atoms. The molecule has 0 aromatic rings. The molecule has 0 aliphatic heterocycles. The Morgan fingerprint density at radius 3 is 3.00 bits per heavy atom. The lowest BCUT2D eigenvalue weighted by Crippen LogP contribution is -2.25. The van der Waals surface area contributed by atoms with Crippen LogP contribution in [-0.2, 0) is 0 Å². The van der Waals surface area contributed by atoms with Gasteiger partial charge in [0.2, 0.25) is 0 Å². The van der Waals surface area contributed by atoms with Crippen LogP contribution < -0.4 is 11.2 Å². The Morgan fingerprint density at radius 1 is 1.67 bits per heavy atom. The molecule has 0 heterocycles. The van der Waals surface area contributed by atoms with E-state index in [0.29, 0.717) is 0 Å². The summed E-state index contributed by atoms with van der Waals surface area (Å²) in [4.78, 5) is 10.3. The molecule has 0 aromatic heterocycles. The van der Waals surface area contributed by atoms with Gasteiger partial charge in [-0.25, -0.2) is 10.2 Å². The third kappa shape index (κ3) is 2.74. The molecule has 2 amide bonds. The van der Waals surface area contributed by atoms with E-state index in [-0.39, 0.29) is 0 Å². The molecule has 0 fully saturated rings. The fourth-order valence-electron chi connectivity index (χ4n) is 1.19. The van der Waals surface area contributed by atoms with Gasteiger partial charge in [-0.3, -0.25) is 0 Å². The zero-order chi connectivity index (χ0) is 8.97. The second-order valence-corrected chi connectivity index (χ2v) is 2.92. The molecule has 0 spiro atoms. The van der Waals surface area contributed by atoms with Crippen molar-refractivity contribution in [2.45, 2.75) is 26.2 Å². The van der Waals surface area contributed by atoms with Crippen LogP contribution in [0.15, 0.2) is 16.8 Å². The molecule has 4 heteroatoms.